The van der Waals surface area contributed by atoms with Gasteiger partial charge in [-0.2, -0.15) is 0 Å². The van der Waals surface area contributed by atoms with Crippen molar-refractivity contribution in [1.29, 1.82) is 0 Å². The number of ether oxygens (including phenoxy) is 2. The summed E-state index contributed by atoms with van der Waals surface area (Å²) in [6.07, 6.45) is 0.885. The Labute approximate surface area is 127 Å². The number of rotatable bonds is 8. The Hall–Kier alpha value is -1.75. The molecule has 0 fully saturated rings. The molecule has 0 unspecified atom stereocenters. The molecule has 0 heterocycles. The van der Waals surface area contributed by atoms with Gasteiger partial charge in [0.05, 0.1) is 6.61 Å². The largest absolute Gasteiger partial charge is 0.493 e. The lowest BCUT2D eigenvalue weighted by atomic mass is 10.1. The van der Waals surface area contributed by atoms with Gasteiger partial charge < -0.3 is 20.1 Å². The topological polar surface area (TPSA) is 54.9 Å². The Morgan fingerprint density at radius 1 is 1.24 bits per heavy atom. The third kappa shape index (κ3) is 6.49. The first kappa shape index (κ1) is 17.3. The summed E-state index contributed by atoms with van der Waals surface area (Å²) < 4.78 is 10.9. The number of nitrogens with zero attached hydrogens (tertiary/aromatic N) is 1. The molecule has 0 aliphatic carbocycles. The molecule has 1 rings (SSSR count). The zero-order valence-electron chi connectivity index (χ0n) is 13.5. The molecule has 1 aromatic carbocycles. The maximum atomic E-state index is 5.87. The van der Waals surface area contributed by atoms with Crippen molar-refractivity contribution in [2.75, 3.05) is 33.9 Å². The van der Waals surface area contributed by atoms with Crippen LogP contribution in [0.4, 0.5) is 0 Å². The van der Waals surface area contributed by atoms with Gasteiger partial charge in [-0.25, -0.2) is 0 Å². The van der Waals surface area contributed by atoms with E-state index in [9.17, 15) is 0 Å². The highest BCUT2D eigenvalue weighted by molar-refractivity contribution is 5.79. The highest BCUT2D eigenvalue weighted by Crippen LogP contribution is 2.20. The SMILES string of the molecule is CCNC(=NC)NCc1ccc(C)cc1OCCCOC. The highest BCUT2D eigenvalue weighted by atomic mass is 16.5. The molecule has 0 saturated carbocycles. The smallest absolute Gasteiger partial charge is 0.191 e. The van der Waals surface area contributed by atoms with E-state index in [1.54, 1.807) is 14.2 Å². The van der Waals surface area contributed by atoms with E-state index in [1.165, 1.54) is 5.56 Å². The van der Waals surface area contributed by atoms with Crippen LogP contribution in [0.15, 0.2) is 23.2 Å². The zero-order chi connectivity index (χ0) is 15.5. The molecule has 21 heavy (non-hydrogen) atoms. The molecule has 0 bridgehead atoms. The molecule has 118 valence electrons. The highest BCUT2D eigenvalue weighted by Gasteiger charge is 2.05. The summed E-state index contributed by atoms with van der Waals surface area (Å²) in [5, 5.41) is 6.46. The van der Waals surface area contributed by atoms with E-state index < -0.39 is 0 Å². The lowest BCUT2D eigenvalue weighted by Crippen LogP contribution is -2.36. The second kappa shape index (κ2) is 10.0. The summed E-state index contributed by atoms with van der Waals surface area (Å²) in [7, 11) is 3.47. The van der Waals surface area contributed by atoms with Crippen molar-refractivity contribution >= 4 is 5.96 Å². The van der Waals surface area contributed by atoms with Crippen molar-refractivity contribution in [2.45, 2.75) is 26.8 Å². The summed E-state index contributed by atoms with van der Waals surface area (Å²) >= 11 is 0. The second-order valence-electron chi connectivity index (χ2n) is 4.76. The molecule has 0 aromatic heterocycles. The second-order valence-corrected chi connectivity index (χ2v) is 4.76. The fraction of sp³-hybridized carbons (Fsp3) is 0.562. The van der Waals surface area contributed by atoms with E-state index in [2.05, 4.69) is 40.7 Å². The van der Waals surface area contributed by atoms with E-state index in [0.29, 0.717) is 19.8 Å². The van der Waals surface area contributed by atoms with Crippen LogP contribution in [-0.2, 0) is 11.3 Å². The van der Waals surface area contributed by atoms with E-state index in [1.807, 2.05) is 6.92 Å². The van der Waals surface area contributed by atoms with Crippen molar-refractivity contribution in [2.24, 2.45) is 4.99 Å². The van der Waals surface area contributed by atoms with Crippen LogP contribution in [0.3, 0.4) is 0 Å². The summed E-state index contributed by atoms with van der Waals surface area (Å²) in [5.74, 6) is 1.72. The Bertz CT molecular complexity index is 447. The molecule has 2 N–H and O–H groups in total. The Morgan fingerprint density at radius 2 is 2.05 bits per heavy atom. The van der Waals surface area contributed by atoms with Crippen molar-refractivity contribution in [3.63, 3.8) is 0 Å². The Kier molecular flexibility index (Phi) is 8.28. The van der Waals surface area contributed by atoms with Crippen molar-refractivity contribution < 1.29 is 9.47 Å². The van der Waals surface area contributed by atoms with Gasteiger partial charge in [0, 0.05) is 45.8 Å². The minimum Gasteiger partial charge on any atom is -0.493 e. The molecule has 0 saturated heterocycles. The van der Waals surface area contributed by atoms with Gasteiger partial charge in [0.25, 0.3) is 0 Å². The third-order valence-corrected chi connectivity index (χ3v) is 2.99. The van der Waals surface area contributed by atoms with Crippen LogP contribution in [0.5, 0.6) is 5.75 Å². The van der Waals surface area contributed by atoms with Crippen LogP contribution in [-0.4, -0.2) is 39.9 Å². The lowest BCUT2D eigenvalue weighted by Gasteiger charge is -2.15. The molecule has 0 spiro atoms. The van der Waals surface area contributed by atoms with Gasteiger partial charge in [0.15, 0.2) is 5.96 Å². The van der Waals surface area contributed by atoms with E-state index in [4.69, 9.17) is 9.47 Å². The monoisotopic (exact) mass is 293 g/mol. The normalized spacial score (nSPS) is 11.3. The van der Waals surface area contributed by atoms with Crippen LogP contribution in [0.2, 0.25) is 0 Å². The summed E-state index contributed by atoms with van der Waals surface area (Å²) in [6, 6.07) is 6.25. The lowest BCUT2D eigenvalue weighted by molar-refractivity contribution is 0.172. The van der Waals surface area contributed by atoms with Gasteiger partial charge in [0.1, 0.15) is 5.75 Å². The minimum absolute atomic E-state index is 0.659. The molecule has 0 atom stereocenters. The molecule has 0 radical (unpaired) electrons. The molecule has 1 aromatic rings. The number of guanidine groups is 1. The molecule has 0 aliphatic rings. The third-order valence-electron chi connectivity index (χ3n) is 2.99. The van der Waals surface area contributed by atoms with E-state index in [-0.39, 0.29) is 0 Å². The standard InChI is InChI=1S/C16H27N3O2/c1-5-18-16(17-3)19-12-14-8-7-13(2)11-15(14)21-10-6-9-20-4/h7-8,11H,5-6,9-10,12H2,1-4H3,(H2,17,18,19). The van der Waals surface area contributed by atoms with Crippen LogP contribution in [0.25, 0.3) is 0 Å². The quantitative estimate of drug-likeness (QED) is 0.438. The zero-order valence-corrected chi connectivity index (χ0v) is 13.5. The van der Waals surface area contributed by atoms with Gasteiger partial charge in [-0.15, -0.1) is 0 Å². The first-order valence-electron chi connectivity index (χ1n) is 7.37. The maximum absolute atomic E-state index is 5.87. The fourth-order valence-corrected chi connectivity index (χ4v) is 1.89. The minimum atomic E-state index is 0.659. The van der Waals surface area contributed by atoms with Gasteiger partial charge in [-0.1, -0.05) is 12.1 Å². The first-order chi connectivity index (χ1) is 10.2. The van der Waals surface area contributed by atoms with Crippen molar-refractivity contribution in [3.05, 3.63) is 29.3 Å². The Balaban J connectivity index is 2.63. The fourth-order valence-electron chi connectivity index (χ4n) is 1.89. The molecule has 5 heteroatoms. The maximum Gasteiger partial charge on any atom is 0.191 e. The predicted octanol–water partition coefficient (Wildman–Crippen LogP) is 2.10. The number of aryl methyl sites for hydroxylation is 1. The number of hydrogen-bond acceptors (Lipinski definition) is 3. The Morgan fingerprint density at radius 3 is 2.71 bits per heavy atom. The number of nitrogens with one attached hydrogen (secondary N) is 2. The number of methoxy groups -OCH3 is 1. The van der Waals surface area contributed by atoms with Crippen LogP contribution in [0, 0.1) is 6.92 Å². The average molecular weight is 293 g/mol. The van der Waals surface area contributed by atoms with Gasteiger partial charge in [-0.3, -0.25) is 4.99 Å². The summed E-state index contributed by atoms with van der Waals surface area (Å²) in [5.41, 5.74) is 2.31. The van der Waals surface area contributed by atoms with Crippen molar-refractivity contribution in [3.8, 4) is 5.75 Å². The molecule has 5 nitrogen and oxygen atoms in total. The first-order valence-corrected chi connectivity index (χ1v) is 7.37. The number of aliphatic imine (C=N–C) groups is 1. The van der Waals surface area contributed by atoms with Crippen LogP contribution >= 0.6 is 0 Å². The van der Waals surface area contributed by atoms with E-state index in [0.717, 1.165) is 30.2 Å². The molecule has 0 aliphatic heterocycles. The molecular formula is C16H27N3O2. The summed E-state index contributed by atoms with van der Waals surface area (Å²) in [4.78, 5) is 4.16. The van der Waals surface area contributed by atoms with E-state index >= 15 is 0 Å². The predicted molar refractivity (Wildman–Crippen MR) is 87.0 cm³/mol. The summed E-state index contributed by atoms with van der Waals surface area (Å²) in [6.45, 7) is 7.01. The number of benzene rings is 1. The van der Waals surface area contributed by atoms with Gasteiger partial charge in [-0.05, 0) is 25.5 Å². The van der Waals surface area contributed by atoms with Crippen LogP contribution in [0.1, 0.15) is 24.5 Å². The van der Waals surface area contributed by atoms with Gasteiger partial charge >= 0.3 is 0 Å². The number of hydrogen-bond donors (Lipinski definition) is 2. The van der Waals surface area contributed by atoms with Gasteiger partial charge in [0.2, 0.25) is 0 Å². The molecular weight excluding hydrogens is 266 g/mol. The molecule has 0 amide bonds. The van der Waals surface area contributed by atoms with Crippen molar-refractivity contribution in [1.82, 2.24) is 10.6 Å². The van der Waals surface area contributed by atoms with Crippen LogP contribution < -0.4 is 15.4 Å². The average Bonchev–Trinajstić information content (AvgIpc) is 2.49.